The largest absolute Gasteiger partial charge is 0.355 e. The molecule has 0 unspecified atom stereocenters. The number of piperidine rings is 1. The van der Waals surface area contributed by atoms with Gasteiger partial charge < -0.3 is 11.1 Å². The van der Waals surface area contributed by atoms with E-state index in [-0.39, 0.29) is 36.8 Å². The standard InChI is InChI=1S/C5H10N2O.2ClH/c6-4-1-2-5(8)7-3-4;;/h4H,1-3,6H2,(H,7,8);2*1H/t4-;;/m0../s1. The van der Waals surface area contributed by atoms with Crippen LogP contribution in [-0.4, -0.2) is 18.5 Å². The number of carbonyl (C=O) groups is 1. The fourth-order valence-corrected chi connectivity index (χ4v) is 0.752. The second-order valence-electron chi connectivity index (χ2n) is 2.10. The zero-order valence-corrected chi connectivity index (χ0v) is 7.13. The summed E-state index contributed by atoms with van der Waals surface area (Å²) < 4.78 is 0. The van der Waals surface area contributed by atoms with Gasteiger partial charge in [0.05, 0.1) is 0 Å². The molecule has 1 atom stereocenters. The van der Waals surface area contributed by atoms with Gasteiger partial charge in [0.1, 0.15) is 0 Å². The van der Waals surface area contributed by atoms with Crippen molar-refractivity contribution in [1.29, 1.82) is 0 Å². The molecule has 0 aromatic heterocycles. The van der Waals surface area contributed by atoms with Crippen molar-refractivity contribution < 1.29 is 4.79 Å². The minimum Gasteiger partial charge on any atom is -0.355 e. The van der Waals surface area contributed by atoms with Crippen molar-refractivity contribution in [2.75, 3.05) is 6.54 Å². The van der Waals surface area contributed by atoms with Crippen LogP contribution in [0.25, 0.3) is 0 Å². The summed E-state index contributed by atoms with van der Waals surface area (Å²) in [6, 6.07) is 0.188. The minimum atomic E-state index is 0. The summed E-state index contributed by atoms with van der Waals surface area (Å²) in [6.45, 7) is 0.652. The summed E-state index contributed by atoms with van der Waals surface area (Å²) in [5.74, 6) is 0.131. The van der Waals surface area contributed by atoms with Gasteiger partial charge in [-0.2, -0.15) is 0 Å². The van der Waals surface area contributed by atoms with E-state index in [2.05, 4.69) is 5.32 Å². The Morgan fingerprint density at radius 1 is 1.50 bits per heavy atom. The van der Waals surface area contributed by atoms with Crippen molar-refractivity contribution in [3.05, 3.63) is 0 Å². The molecule has 62 valence electrons. The fraction of sp³-hybridized carbons (Fsp3) is 0.800. The van der Waals surface area contributed by atoms with Crippen molar-refractivity contribution in [2.24, 2.45) is 5.73 Å². The lowest BCUT2D eigenvalue weighted by Gasteiger charge is -2.17. The SMILES string of the molecule is Cl.Cl.N[C@H]1CCC(=O)NC1. The van der Waals surface area contributed by atoms with E-state index in [9.17, 15) is 4.79 Å². The van der Waals surface area contributed by atoms with Crippen LogP contribution in [0, 0.1) is 0 Å². The third kappa shape index (κ3) is 3.93. The topological polar surface area (TPSA) is 55.1 Å². The Morgan fingerprint density at radius 3 is 2.40 bits per heavy atom. The van der Waals surface area contributed by atoms with E-state index in [1.54, 1.807) is 0 Å². The fourth-order valence-electron chi connectivity index (χ4n) is 0.752. The summed E-state index contributed by atoms with van der Waals surface area (Å²) >= 11 is 0. The molecule has 1 aliphatic heterocycles. The molecule has 1 saturated heterocycles. The highest BCUT2D eigenvalue weighted by Gasteiger charge is 2.12. The Kier molecular flexibility index (Phi) is 7.31. The molecule has 1 aliphatic rings. The zero-order chi connectivity index (χ0) is 5.98. The Balaban J connectivity index is 0. The molecule has 0 saturated carbocycles. The summed E-state index contributed by atoms with van der Waals surface area (Å²) in [4.78, 5) is 10.4. The van der Waals surface area contributed by atoms with E-state index in [0.717, 1.165) is 6.42 Å². The Morgan fingerprint density at radius 2 is 2.10 bits per heavy atom. The van der Waals surface area contributed by atoms with Crippen LogP contribution in [0.2, 0.25) is 0 Å². The van der Waals surface area contributed by atoms with Crippen molar-refractivity contribution in [1.82, 2.24) is 5.32 Å². The van der Waals surface area contributed by atoms with Gasteiger partial charge in [0.25, 0.3) is 0 Å². The van der Waals surface area contributed by atoms with E-state index < -0.39 is 0 Å². The van der Waals surface area contributed by atoms with Gasteiger partial charge >= 0.3 is 0 Å². The molecule has 10 heavy (non-hydrogen) atoms. The number of hydrogen-bond acceptors (Lipinski definition) is 2. The molecule has 0 radical (unpaired) electrons. The maximum absolute atomic E-state index is 10.4. The molecule has 5 heteroatoms. The van der Waals surface area contributed by atoms with Crippen LogP contribution in [0.4, 0.5) is 0 Å². The zero-order valence-electron chi connectivity index (χ0n) is 5.50. The number of halogens is 2. The van der Waals surface area contributed by atoms with E-state index >= 15 is 0 Å². The number of nitrogens with one attached hydrogen (secondary N) is 1. The number of rotatable bonds is 0. The van der Waals surface area contributed by atoms with E-state index in [1.165, 1.54) is 0 Å². The van der Waals surface area contributed by atoms with Gasteiger partial charge in [-0.3, -0.25) is 4.79 Å². The van der Waals surface area contributed by atoms with Crippen LogP contribution in [0.15, 0.2) is 0 Å². The average molecular weight is 187 g/mol. The normalized spacial score (nSPS) is 23.7. The van der Waals surface area contributed by atoms with Crippen molar-refractivity contribution in [2.45, 2.75) is 18.9 Å². The number of amides is 1. The van der Waals surface area contributed by atoms with Gasteiger partial charge in [-0.1, -0.05) is 0 Å². The first-order valence-electron chi connectivity index (χ1n) is 2.81. The monoisotopic (exact) mass is 186 g/mol. The summed E-state index contributed by atoms with van der Waals surface area (Å²) in [5, 5.41) is 2.67. The van der Waals surface area contributed by atoms with Crippen molar-refractivity contribution >= 4 is 30.7 Å². The molecule has 3 N–H and O–H groups in total. The van der Waals surface area contributed by atoms with Crippen molar-refractivity contribution in [3.63, 3.8) is 0 Å². The van der Waals surface area contributed by atoms with Crippen LogP contribution in [0.5, 0.6) is 0 Å². The smallest absolute Gasteiger partial charge is 0.220 e. The van der Waals surface area contributed by atoms with Crippen LogP contribution < -0.4 is 11.1 Å². The molecule has 0 aliphatic carbocycles. The lowest BCUT2D eigenvalue weighted by atomic mass is 10.1. The predicted octanol–water partition coefficient (Wildman–Crippen LogP) is 0.0673. The molecule has 0 aromatic rings. The Hall–Kier alpha value is 0.01000. The first kappa shape index (κ1) is 12.7. The van der Waals surface area contributed by atoms with Gasteiger partial charge in [-0.25, -0.2) is 0 Å². The minimum absolute atomic E-state index is 0. The third-order valence-corrected chi connectivity index (χ3v) is 1.30. The maximum atomic E-state index is 10.4. The number of hydrogen-bond donors (Lipinski definition) is 2. The molecule has 3 nitrogen and oxygen atoms in total. The lowest BCUT2D eigenvalue weighted by Crippen LogP contribution is -2.42. The molecule has 1 fully saturated rings. The van der Waals surface area contributed by atoms with Gasteiger partial charge in [0, 0.05) is 19.0 Å². The van der Waals surface area contributed by atoms with Crippen molar-refractivity contribution in [3.8, 4) is 0 Å². The number of carbonyl (C=O) groups excluding carboxylic acids is 1. The van der Waals surface area contributed by atoms with E-state index in [1.807, 2.05) is 0 Å². The van der Waals surface area contributed by atoms with Crippen LogP contribution in [0.1, 0.15) is 12.8 Å². The van der Waals surface area contributed by atoms with Crippen LogP contribution >= 0.6 is 24.8 Å². The third-order valence-electron chi connectivity index (χ3n) is 1.30. The molecular formula is C5H12Cl2N2O. The maximum Gasteiger partial charge on any atom is 0.220 e. The molecule has 0 bridgehead atoms. The molecule has 0 aromatic carbocycles. The molecule has 1 amide bonds. The van der Waals surface area contributed by atoms with Gasteiger partial charge in [-0.05, 0) is 6.42 Å². The molecular weight excluding hydrogens is 175 g/mol. The second-order valence-corrected chi connectivity index (χ2v) is 2.10. The number of nitrogens with two attached hydrogens (primary N) is 1. The molecule has 1 rings (SSSR count). The predicted molar refractivity (Wildman–Crippen MR) is 44.7 cm³/mol. The highest BCUT2D eigenvalue weighted by Crippen LogP contribution is 1.98. The van der Waals surface area contributed by atoms with Gasteiger partial charge in [-0.15, -0.1) is 24.8 Å². The van der Waals surface area contributed by atoms with Crippen LogP contribution in [-0.2, 0) is 4.79 Å². The summed E-state index contributed by atoms with van der Waals surface area (Å²) in [7, 11) is 0. The lowest BCUT2D eigenvalue weighted by molar-refractivity contribution is -0.122. The second kappa shape index (κ2) is 5.77. The Labute approximate surface area is 72.6 Å². The highest BCUT2D eigenvalue weighted by molar-refractivity contribution is 5.85. The van der Waals surface area contributed by atoms with E-state index in [0.29, 0.717) is 13.0 Å². The summed E-state index contributed by atoms with van der Waals surface area (Å²) in [5.41, 5.74) is 5.48. The van der Waals surface area contributed by atoms with E-state index in [4.69, 9.17) is 5.73 Å². The Bertz CT molecular complexity index is 99.8. The molecule has 1 heterocycles. The highest BCUT2D eigenvalue weighted by atomic mass is 35.5. The summed E-state index contributed by atoms with van der Waals surface area (Å²) in [6.07, 6.45) is 1.44. The quantitative estimate of drug-likeness (QED) is 0.563. The van der Waals surface area contributed by atoms with Gasteiger partial charge in [0.2, 0.25) is 5.91 Å². The molecule has 0 spiro atoms. The first-order valence-corrected chi connectivity index (χ1v) is 2.81. The van der Waals surface area contributed by atoms with Crippen LogP contribution in [0.3, 0.4) is 0 Å². The first-order chi connectivity index (χ1) is 3.79. The van der Waals surface area contributed by atoms with Gasteiger partial charge in [0.15, 0.2) is 0 Å². The average Bonchev–Trinajstić information content (AvgIpc) is 1.77.